The van der Waals surface area contributed by atoms with Crippen LogP contribution in [0.1, 0.15) is 45.1 Å². The van der Waals surface area contributed by atoms with Gasteiger partial charge in [-0.25, -0.2) is 4.99 Å². The van der Waals surface area contributed by atoms with Crippen LogP contribution in [0.15, 0.2) is 89.8 Å². The molecule has 35 heavy (non-hydrogen) atoms. The molecule has 1 aliphatic heterocycles. The maximum absolute atomic E-state index is 12.9. The average molecular weight is 469 g/mol. The number of hydrogen-bond donors (Lipinski definition) is 1. The summed E-state index contributed by atoms with van der Waals surface area (Å²) in [6.07, 6.45) is 10.3. The lowest BCUT2D eigenvalue weighted by Gasteiger charge is -2.17. The predicted octanol–water partition coefficient (Wildman–Crippen LogP) is 5.69. The number of nitrogens with zero attached hydrogens (tertiary/aromatic N) is 3. The van der Waals surface area contributed by atoms with E-state index in [4.69, 9.17) is 0 Å². The van der Waals surface area contributed by atoms with E-state index in [-0.39, 0.29) is 11.6 Å². The molecule has 4 rings (SSSR count). The van der Waals surface area contributed by atoms with Crippen LogP contribution in [0.3, 0.4) is 0 Å². The number of aryl methyl sites for hydroxylation is 1. The number of nitrogens with one attached hydrogen (secondary N) is 1. The smallest absolute Gasteiger partial charge is 0.273 e. The number of para-hydroxylation sites is 2. The van der Waals surface area contributed by atoms with Gasteiger partial charge in [0.05, 0.1) is 5.69 Å². The second-order valence-corrected chi connectivity index (χ2v) is 8.78. The summed E-state index contributed by atoms with van der Waals surface area (Å²) in [7, 11) is 0. The van der Waals surface area contributed by atoms with E-state index in [0.717, 1.165) is 42.4 Å². The van der Waals surface area contributed by atoms with Gasteiger partial charge in [0, 0.05) is 36.4 Å². The van der Waals surface area contributed by atoms with Crippen LogP contribution in [0.4, 0.5) is 5.69 Å². The third kappa shape index (κ3) is 5.43. The Labute approximate surface area is 206 Å². The molecule has 2 aromatic carbocycles. The molecule has 1 saturated heterocycles. The Balaban J connectivity index is 1.64. The van der Waals surface area contributed by atoms with Gasteiger partial charge < -0.3 is 9.47 Å². The molecule has 1 unspecified atom stereocenters. The molecular formula is C29H32N4O2. The first kappa shape index (κ1) is 24.2. The summed E-state index contributed by atoms with van der Waals surface area (Å²) in [5.74, 6) is -1.49. The standard InChI is InChI=1S/C29H32N4O2/c1-4-16-32(19-21(3)5-2)17-11-18-33-20-24(23-14-9-10-15-25(23)33)26-27(29(35)31-28(26)34)30-22-12-7-6-8-13-22/h4,6-10,12-16,19-20,26H,5,11,17-18H2,1-3H3,(H,31,34,35). The summed E-state index contributed by atoms with van der Waals surface area (Å²) >= 11 is 0. The molecule has 0 bridgehead atoms. The first-order chi connectivity index (χ1) is 17.0. The molecule has 0 aliphatic carbocycles. The first-order valence-electron chi connectivity index (χ1n) is 12.1. The maximum Gasteiger partial charge on any atom is 0.273 e. The third-order valence-corrected chi connectivity index (χ3v) is 6.24. The number of fused-ring (bicyclic) bond motifs is 1. The van der Waals surface area contributed by atoms with Crippen molar-refractivity contribution in [1.29, 1.82) is 0 Å². The van der Waals surface area contributed by atoms with Gasteiger partial charge in [-0.3, -0.25) is 14.9 Å². The van der Waals surface area contributed by atoms with E-state index in [1.54, 1.807) is 0 Å². The molecule has 1 fully saturated rings. The first-order valence-corrected chi connectivity index (χ1v) is 12.1. The number of rotatable bonds is 9. The molecule has 1 atom stereocenters. The van der Waals surface area contributed by atoms with Crippen molar-refractivity contribution in [2.45, 2.75) is 46.1 Å². The van der Waals surface area contributed by atoms with Crippen LogP contribution in [0.2, 0.25) is 0 Å². The quantitative estimate of drug-likeness (QED) is 0.410. The fourth-order valence-corrected chi connectivity index (χ4v) is 4.41. The van der Waals surface area contributed by atoms with E-state index in [2.05, 4.69) is 52.1 Å². The van der Waals surface area contributed by atoms with Crippen LogP contribution in [0.5, 0.6) is 0 Å². The van der Waals surface area contributed by atoms with Crippen LogP contribution in [0.25, 0.3) is 10.9 Å². The van der Waals surface area contributed by atoms with E-state index < -0.39 is 11.8 Å². The number of allylic oxidation sites excluding steroid dienone is 2. The van der Waals surface area contributed by atoms with Gasteiger partial charge in [-0.2, -0.15) is 0 Å². The average Bonchev–Trinajstić information content (AvgIpc) is 3.35. The lowest BCUT2D eigenvalue weighted by atomic mass is 9.95. The molecule has 2 heterocycles. The van der Waals surface area contributed by atoms with E-state index >= 15 is 0 Å². The Morgan fingerprint density at radius 2 is 1.86 bits per heavy atom. The van der Waals surface area contributed by atoms with Crippen LogP contribution < -0.4 is 5.32 Å². The molecule has 1 N–H and O–H groups in total. The minimum absolute atomic E-state index is 0.239. The van der Waals surface area contributed by atoms with Crippen LogP contribution in [-0.2, 0) is 16.1 Å². The maximum atomic E-state index is 12.9. The minimum atomic E-state index is -0.733. The number of imide groups is 1. The van der Waals surface area contributed by atoms with Gasteiger partial charge >= 0.3 is 0 Å². The van der Waals surface area contributed by atoms with E-state index in [1.807, 2.05) is 67.7 Å². The molecule has 6 heteroatoms. The summed E-state index contributed by atoms with van der Waals surface area (Å²) < 4.78 is 2.19. The largest absolute Gasteiger partial charge is 0.355 e. The fraction of sp³-hybridized carbons (Fsp3) is 0.276. The van der Waals surface area contributed by atoms with Crippen molar-refractivity contribution >= 4 is 34.1 Å². The molecule has 1 aromatic heterocycles. The summed E-state index contributed by atoms with van der Waals surface area (Å²) in [5, 5.41) is 3.43. The van der Waals surface area contributed by atoms with E-state index in [9.17, 15) is 9.59 Å². The Morgan fingerprint density at radius 3 is 2.60 bits per heavy atom. The summed E-state index contributed by atoms with van der Waals surface area (Å²) in [4.78, 5) is 32.3. The van der Waals surface area contributed by atoms with Gasteiger partial charge in [-0.1, -0.05) is 55.0 Å². The van der Waals surface area contributed by atoms with Crippen LogP contribution in [-0.4, -0.2) is 33.5 Å². The van der Waals surface area contributed by atoms with Gasteiger partial charge in [-0.15, -0.1) is 0 Å². The van der Waals surface area contributed by atoms with Crippen LogP contribution in [0, 0.1) is 0 Å². The number of hydrogen-bond acceptors (Lipinski definition) is 4. The van der Waals surface area contributed by atoms with Gasteiger partial charge in [0.15, 0.2) is 0 Å². The number of aliphatic imine (C=N–C) groups is 1. The predicted molar refractivity (Wildman–Crippen MR) is 142 cm³/mol. The van der Waals surface area contributed by atoms with E-state index in [1.165, 1.54) is 5.57 Å². The highest BCUT2D eigenvalue weighted by Crippen LogP contribution is 2.32. The molecule has 0 saturated carbocycles. The van der Waals surface area contributed by atoms with Crippen molar-refractivity contribution in [2.75, 3.05) is 6.54 Å². The van der Waals surface area contributed by atoms with Crippen molar-refractivity contribution in [3.8, 4) is 0 Å². The van der Waals surface area contributed by atoms with Crippen LogP contribution >= 0.6 is 0 Å². The topological polar surface area (TPSA) is 66.7 Å². The summed E-state index contributed by atoms with van der Waals surface area (Å²) in [6.45, 7) is 8.00. The number of carbonyl (C=O) groups is 2. The van der Waals surface area contributed by atoms with Gasteiger partial charge in [-0.05, 0) is 56.7 Å². The van der Waals surface area contributed by atoms with Gasteiger partial charge in [0.1, 0.15) is 11.6 Å². The highest BCUT2D eigenvalue weighted by Gasteiger charge is 2.40. The number of benzene rings is 2. The molecule has 1 aliphatic rings. The van der Waals surface area contributed by atoms with Gasteiger partial charge in [0.2, 0.25) is 5.91 Å². The highest BCUT2D eigenvalue weighted by molar-refractivity contribution is 6.52. The van der Waals surface area contributed by atoms with Crippen molar-refractivity contribution in [3.05, 3.63) is 90.4 Å². The Kier molecular flexibility index (Phi) is 7.60. The summed E-state index contributed by atoms with van der Waals surface area (Å²) in [5.41, 5.74) is 4.08. The zero-order valence-electron chi connectivity index (χ0n) is 20.6. The lowest BCUT2D eigenvalue weighted by Crippen LogP contribution is -2.22. The molecule has 0 radical (unpaired) electrons. The van der Waals surface area contributed by atoms with Gasteiger partial charge in [0.25, 0.3) is 5.91 Å². The monoisotopic (exact) mass is 468 g/mol. The van der Waals surface area contributed by atoms with Crippen molar-refractivity contribution in [3.63, 3.8) is 0 Å². The van der Waals surface area contributed by atoms with E-state index in [0.29, 0.717) is 5.69 Å². The Hall–Kier alpha value is -3.93. The third-order valence-electron chi connectivity index (χ3n) is 6.24. The zero-order chi connectivity index (χ0) is 24.8. The Morgan fingerprint density at radius 1 is 1.11 bits per heavy atom. The second-order valence-electron chi connectivity index (χ2n) is 8.78. The molecule has 6 nitrogen and oxygen atoms in total. The number of aromatic nitrogens is 1. The summed E-state index contributed by atoms with van der Waals surface area (Å²) in [6, 6.07) is 17.3. The molecule has 180 valence electrons. The van der Waals surface area contributed by atoms with Crippen molar-refractivity contribution < 1.29 is 9.59 Å². The zero-order valence-corrected chi connectivity index (χ0v) is 20.6. The van der Waals surface area contributed by atoms with Crippen molar-refractivity contribution in [2.24, 2.45) is 4.99 Å². The van der Waals surface area contributed by atoms with Crippen molar-refractivity contribution in [1.82, 2.24) is 14.8 Å². The number of amides is 2. The lowest BCUT2D eigenvalue weighted by molar-refractivity contribution is -0.124. The normalized spacial score (nSPS) is 17.6. The minimum Gasteiger partial charge on any atom is -0.355 e. The fourth-order valence-electron chi connectivity index (χ4n) is 4.41. The molecule has 3 aromatic rings. The SMILES string of the molecule is CC=CN(C=C(C)CC)CCCn1cc(C2C(=O)NC(=O)C2=Nc2ccccc2)c2ccccc21. The molecule has 2 amide bonds. The highest BCUT2D eigenvalue weighted by atomic mass is 16.2. The molecular weight excluding hydrogens is 436 g/mol. The second kappa shape index (κ2) is 11.0. The molecule has 0 spiro atoms. The number of carbonyl (C=O) groups excluding carboxylic acids is 2. The Bertz CT molecular complexity index is 1300.